The Balaban J connectivity index is 0.00000107. The summed E-state index contributed by atoms with van der Waals surface area (Å²) in [5.41, 5.74) is 3.80. The van der Waals surface area contributed by atoms with Crippen molar-refractivity contribution in [1.29, 1.82) is 0 Å². The molecule has 0 radical (unpaired) electrons. The minimum atomic E-state index is -0.250. The number of nitrogens with one attached hydrogen (secondary N) is 2. The number of fused-ring (bicyclic) bond motifs is 2. The van der Waals surface area contributed by atoms with Crippen molar-refractivity contribution in [1.82, 2.24) is 15.2 Å². The van der Waals surface area contributed by atoms with E-state index >= 15 is 0 Å². The van der Waals surface area contributed by atoms with Gasteiger partial charge in [-0.25, -0.2) is 4.98 Å². The number of aryl methyl sites for hydroxylation is 2. The number of aromatic nitrogens is 1. The van der Waals surface area contributed by atoms with E-state index < -0.39 is 0 Å². The molecular formula is C31H40N4O3. The van der Waals surface area contributed by atoms with Crippen molar-refractivity contribution in [2.45, 2.75) is 51.4 Å². The van der Waals surface area contributed by atoms with Crippen LogP contribution >= 0.6 is 0 Å². The van der Waals surface area contributed by atoms with Crippen molar-refractivity contribution in [3.63, 3.8) is 0 Å². The highest BCUT2D eigenvalue weighted by atomic mass is 16.3. The van der Waals surface area contributed by atoms with Crippen molar-refractivity contribution in [3.05, 3.63) is 71.4 Å². The lowest BCUT2D eigenvalue weighted by Crippen LogP contribution is -2.44. The standard InChI is InChI=1S/C30H38N4O.CH2O2/c1-22(25-13-12-23-7-2-3-8-26(23)19-25)20-32-30(35)27-10-5-17-34(21-27)18-6-11-28-15-14-24-9-4-16-31-29(24)33-28;2-1-3/h2-3,7-8,12-15,19,22,27H,4-6,9-11,16-18,20-21H2,1H3,(H,31,33)(H,32,35);1H,(H,2,3). The van der Waals surface area contributed by atoms with Gasteiger partial charge in [-0.15, -0.1) is 0 Å². The third-order valence-corrected chi connectivity index (χ3v) is 7.66. The normalized spacial score (nSPS) is 17.9. The van der Waals surface area contributed by atoms with E-state index in [1.54, 1.807) is 0 Å². The number of hydrogen-bond donors (Lipinski definition) is 3. The number of likely N-dealkylation sites (tertiary alicyclic amines) is 1. The SMILES string of the molecule is CC(CNC(=O)C1CCCN(CCCc2ccc3c(n2)NCCC3)C1)c1ccc2ccccc2c1.O=CO. The van der Waals surface area contributed by atoms with Gasteiger partial charge in [-0.05, 0) is 85.5 Å². The molecule has 2 atom stereocenters. The van der Waals surface area contributed by atoms with Crippen LogP contribution in [0.1, 0.15) is 55.3 Å². The zero-order valence-corrected chi connectivity index (χ0v) is 22.4. The Labute approximate surface area is 225 Å². The molecule has 3 N–H and O–H groups in total. The van der Waals surface area contributed by atoms with Gasteiger partial charge in [0, 0.05) is 25.3 Å². The first kappa shape index (κ1) is 27.6. The van der Waals surface area contributed by atoms with E-state index in [1.807, 2.05) is 0 Å². The first-order valence-corrected chi connectivity index (χ1v) is 13.9. The summed E-state index contributed by atoms with van der Waals surface area (Å²) >= 11 is 0. The molecule has 0 spiro atoms. The number of rotatable bonds is 8. The highest BCUT2D eigenvalue weighted by Gasteiger charge is 2.25. The number of hydrogen-bond acceptors (Lipinski definition) is 5. The zero-order valence-electron chi connectivity index (χ0n) is 22.4. The van der Waals surface area contributed by atoms with Crippen LogP contribution in [-0.2, 0) is 22.4 Å². The average Bonchev–Trinajstić information content (AvgIpc) is 2.96. The fraction of sp³-hybridized carbons (Fsp3) is 0.452. The smallest absolute Gasteiger partial charge is 0.290 e. The number of piperidine rings is 1. The summed E-state index contributed by atoms with van der Waals surface area (Å²) in [4.78, 5) is 28.6. The summed E-state index contributed by atoms with van der Waals surface area (Å²) in [7, 11) is 0. The molecule has 2 aliphatic heterocycles. The molecule has 0 bridgehead atoms. The topological polar surface area (TPSA) is 94.6 Å². The zero-order chi connectivity index (χ0) is 26.7. The quantitative estimate of drug-likeness (QED) is 0.370. The van der Waals surface area contributed by atoms with Crippen molar-refractivity contribution in [2.75, 3.05) is 38.0 Å². The minimum absolute atomic E-state index is 0.0959. The monoisotopic (exact) mass is 516 g/mol. The fourth-order valence-electron chi connectivity index (χ4n) is 5.49. The number of carbonyl (C=O) groups excluding carboxylic acids is 1. The lowest BCUT2D eigenvalue weighted by atomic mass is 9.95. The Morgan fingerprint density at radius 2 is 2.00 bits per heavy atom. The molecule has 2 unspecified atom stereocenters. The number of nitrogens with zero attached hydrogens (tertiary/aromatic N) is 2. The van der Waals surface area contributed by atoms with Crippen LogP contribution < -0.4 is 10.6 Å². The van der Waals surface area contributed by atoms with Gasteiger partial charge in [0.2, 0.25) is 5.91 Å². The molecule has 0 saturated carbocycles. The van der Waals surface area contributed by atoms with Gasteiger partial charge in [-0.1, -0.05) is 55.5 Å². The van der Waals surface area contributed by atoms with Crippen LogP contribution in [-0.4, -0.2) is 60.1 Å². The molecule has 7 nitrogen and oxygen atoms in total. The number of carbonyl (C=O) groups is 2. The lowest BCUT2D eigenvalue weighted by Gasteiger charge is -2.32. The van der Waals surface area contributed by atoms with Crippen LogP contribution in [0.15, 0.2) is 54.6 Å². The van der Waals surface area contributed by atoms with Crippen LogP contribution in [0.5, 0.6) is 0 Å². The second kappa shape index (κ2) is 13.9. The predicted molar refractivity (Wildman–Crippen MR) is 153 cm³/mol. The Morgan fingerprint density at radius 1 is 1.18 bits per heavy atom. The van der Waals surface area contributed by atoms with Gasteiger partial charge in [0.25, 0.3) is 6.47 Å². The molecule has 2 aromatic carbocycles. The van der Waals surface area contributed by atoms with Crippen molar-refractivity contribution >= 4 is 29.0 Å². The Bertz CT molecular complexity index is 1210. The molecule has 1 aromatic heterocycles. The third-order valence-electron chi connectivity index (χ3n) is 7.66. The maximum Gasteiger partial charge on any atom is 0.290 e. The summed E-state index contributed by atoms with van der Waals surface area (Å²) in [5, 5.41) is 16.1. The lowest BCUT2D eigenvalue weighted by molar-refractivity contribution is -0.126. The van der Waals surface area contributed by atoms with E-state index in [4.69, 9.17) is 14.9 Å². The fourth-order valence-corrected chi connectivity index (χ4v) is 5.49. The molecule has 5 rings (SSSR count). The summed E-state index contributed by atoms with van der Waals surface area (Å²) in [6.45, 7) is 6.66. The number of amides is 1. The summed E-state index contributed by atoms with van der Waals surface area (Å²) in [6.07, 6.45) is 6.49. The predicted octanol–water partition coefficient (Wildman–Crippen LogP) is 4.86. The molecular weight excluding hydrogens is 476 g/mol. The molecule has 3 heterocycles. The van der Waals surface area contributed by atoms with Crippen molar-refractivity contribution in [3.8, 4) is 0 Å². The molecule has 1 amide bonds. The van der Waals surface area contributed by atoms with Gasteiger partial charge in [-0.3, -0.25) is 9.59 Å². The summed E-state index contributed by atoms with van der Waals surface area (Å²) in [6, 6.07) is 19.5. The maximum atomic E-state index is 13.0. The van der Waals surface area contributed by atoms with E-state index in [1.165, 1.54) is 34.0 Å². The largest absolute Gasteiger partial charge is 0.483 e. The van der Waals surface area contributed by atoms with Gasteiger partial charge in [-0.2, -0.15) is 0 Å². The molecule has 202 valence electrons. The number of pyridine rings is 1. The number of benzene rings is 2. The molecule has 0 aliphatic carbocycles. The molecule has 1 saturated heterocycles. The van der Waals surface area contributed by atoms with Gasteiger partial charge in [0.1, 0.15) is 5.82 Å². The first-order chi connectivity index (χ1) is 18.6. The van der Waals surface area contributed by atoms with Crippen molar-refractivity contribution in [2.24, 2.45) is 5.92 Å². The van der Waals surface area contributed by atoms with E-state index in [2.05, 4.69) is 77.1 Å². The van der Waals surface area contributed by atoms with Crippen LogP contribution in [0.4, 0.5) is 5.82 Å². The van der Waals surface area contributed by atoms with Gasteiger partial charge < -0.3 is 20.6 Å². The highest BCUT2D eigenvalue weighted by Crippen LogP contribution is 2.23. The van der Waals surface area contributed by atoms with E-state index in [9.17, 15) is 4.79 Å². The van der Waals surface area contributed by atoms with E-state index in [0.29, 0.717) is 12.5 Å². The number of anilines is 1. The maximum absolute atomic E-state index is 13.0. The summed E-state index contributed by atoms with van der Waals surface area (Å²) < 4.78 is 0. The molecule has 1 fully saturated rings. The molecule has 2 aliphatic rings. The average molecular weight is 517 g/mol. The van der Waals surface area contributed by atoms with Gasteiger partial charge in [0.05, 0.1) is 5.92 Å². The Kier molecular flexibility index (Phi) is 10.1. The Hall–Kier alpha value is -3.45. The van der Waals surface area contributed by atoms with Crippen LogP contribution in [0.2, 0.25) is 0 Å². The van der Waals surface area contributed by atoms with Crippen LogP contribution in [0.3, 0.4) is 0 Å². The number of carboxylic acid groups (broad SMARTS) is 1. The van der Waals surface area contributed by atoms with E-state index in [-0.39, 0.29) is 18.3 Å². The van der Waals surface area contributed by atoms with Gasteiger partial charge >= 0.3 is 0 Å². The van der Waals surface area contributed by atoms with Crippen LogP contribution in [0.25, 0.3) is 10.8 Å². The minimum Gasteiger partial charge on any atom is -0.483 e. The van der Waals surface area contributed by atoms with E-state index in [0.717, 1.165) is 64.1 Å². The van der Waals surface area contributed by atoms with Crippen molar-refractivity contribution < 1.29 is 14.7 Å². The summed E-state index contributed by atoms with van der Waals surface area (Å²) in [5.74, 6) is 1.69. The Morgan fingerprint density at radius 3 is 2.84 bits per heavy atom. The van der Waals surface area contributed by atoms with Crippen LogP contribution in [0, 0.1) is 5.92 Å². The third kappa shape index (κ3) is 7.54. The molecule has 7 heteroatoms. The molecule has 3 aromatic rings. The molecule has 38 heavy (non-hydrogen) atoms. The highest BCUT2D eigenvalue weighted by molar-refractivity contribution is 5.83. The van der Waals surface area contributed by atoms with Gasteiger partial charge in [0.15, 0.2) is 0 Å². The second-order valence-electron chi connectivity index (χ2n) is 10.4. The first-order valence-electron chi connectivity index (χ1n) is 13.9. The second-order valence-corrected chi connectivity index (χ2v) is 10.4.